The fourth-order valence-electron chi connectivity index (χ4n) is 2.46. The van der Waals surface area contributed by atoms with E-state index in [1.165, 1.54) is 12.1 Å². The Morgan fingerprint density at radius 3 is 2.85 bits per heavy atom. The van der Waals surface area contributed by atoms with Crippen LogP contribution in [-0.4, -0.2) is 17.3 Å². The smallest absolute Gasteiger partial charge is 0.142 e. The van der Waals surface area contributed by atoms with Crippen LogP contribution in [0.3, 0.4) is 0 Å². The Bertz CT molecular complexity index is 605. The number of benzene rings is 2. The van der Waals surface area contributed by atoms with Crippen molar-refractivity contribution >= 4 is 11.6 Å². The molecule has 0 aromatic heterocycles. The highest BCUT2D eigenvalue weighted by molar-refractivity contribution is 6.30. The quantitative estimate of drug-likeness (QED) is 0.940. The molecule has 2 aromatic rings. The molecule has 2 nitrogen and oxygen atoms in total. The highest BCUT2D eigenvalue weighted by Crippen LogP contribution is 2.30. The molecule has 0 aliphatic carbocycles. The maximum Gasteiger partial charge on any atom is 0.142 e. The molecule has 1 heterocycles. The minimum absolute atomic E-state index is 0.0905. The fraction of sp³-hybridized carbons (Fsp3) is 0.250. The van der Waals surface area contributed by atoms with Crippen molar-refractivity contribution in [2.45, 2.75) is 25.0 Å². The van der Waals surface area contributed by atoms with Crippen LogP contribution in [-0.2, 0) is 12.8 Å². The summed E-state index contributed by atoms with van der Waals surface area (Å²) in [5.41, 5.74) is 1.80. The molecule has 3 rings (SSSR count). The van der Waals surface area contributed by atoms with Gasteiger partial charge in [0.25, 0.3) is 0 Å². The zero-order valence-electron chi connectivity index (χ0n) is 10.7. The van der Waals surface area contributed by atoms with E-state index < -0.39 is 11.9 Å². The van der Waals surface area contributed by atoms with Crippen LogP contribution in [0.25, 0.3) is 0 Å². The zero-order chi connectivity index (χ0) is 14.1. The maximum absolute atomic E-state index is 13.4. The van der Waals surface area contributed by atoms with Gasteiger partial charge in [0.2, 0.25) is 0 Å². The number of aliphatic hydroxyl groups excluding tert-OH is 1. The van der Waals surface area contributed by atoms with Gasteiger partial charge in [0, 0.05) is 12.8 Å². The molecule has 0 bridgehead atoms. The summed E-state index contributed by atoms with van der Waals surface area (Å²) < 4.78 is 19.1. The largest absolute Gasteiger partial charge is 0.487 e. The van der Waals surface area contributed by atoms with E-state index in [0.29, 0.717) is 18.4 Å². The Kier molecular flexibility index (Phi) is 3.64. The first-order chi connectivity index (χ1) is 9.63. The average molecular weight is 293 g/mol. The second kappa shape index (κ2) is 5.43. The molecule has 4 heteroatoms. The van der Waals surface area contributed by atoms with Crippen LogP contribution < -0.4 is 4.74 Å². The molecule has 0 amide bonds. The summed E-state index contributed by atoms with van der Waals surface area (Å²) in [6.07, 6.45) is 0.0503. The topological polar surface area (TPSA) is 29.5 Å². The van der Waals surface area contributed by atoms with Gasteiger partial charge < -0.3 is 9.84 Å². The molecule has 0 spiro atoms. The molecular weight excluding hydrogens is 279 g/mol. The van der Waals surface area contributed by atoms with Crippen molar-refractivity contribution < 1.29 is 14.2 Å². The van der Waals surface area contributed by atoms with Crippen molar-refractivity contribution in [2.24, 2.45) is 0 Å². The summed E-state index contributed by atoms with van der Waals surface area (Å²) in [6, 6.07) is 12.3. The molecule has 104 valence electrons. The van der Waals surface area contributed by atoms with E-state index in [-0.39, 0.29) is 11.1 Å². The average Bonchev–Trinajstić information content (AvgIpc) is 2.87. The Hall–Kier alpha value is -1.58. The summed E-state index contributed by atoms with van der Waals surface area (Å²) >= 11 is 5.64. The van der Waals surface area contributed by atoms with Crippen LogP contribution >= 0.6 is 11.6 Å². The van der Waals surface area contributed by atoms with E-state index in [1.807, 2.05) is 24.3 Å². The minimum Gasteiger partial charge on any atom is -0.487 e. The molecule has 2 aromatic carbocycles. The van der Waals surface area contributed by atoms with E-state index >= 15 is 0 Å². The van der Waals surface area contributed by atoms with Gasteiger partial charge in [-0.2, -0.15) is 0 Å². The molecule has 20 heavy (non-hydrogen) atoms. The lowest BCUT2D eigenvalue weighted by Gasteiger charge is -2.18. The lowest BCUT2D eigenvalue weighted by Crippen LogP contribution is -2.32. The highest BCUT2D eigenvalue weighted by atomic mass is 35.5. The first-order valence-corrected chi connectivity index (χ1v) is 6.88. The van der Waals surface area contributed by atoms with Crippen LogP contribution in [0.5, 0.6) is 5.75 Å². The number of halogens is 2. The Morgan fingerprint density at radius 2 is 2.10 bits per heavy atom. The van der Waals surface area contributed by atoms with E-state index in [4.69, 9.17) is 16.3 Å². The summed E-state index contributed by atoms with van der Waals surface area (Å²) in [7, 11) is 0. The van der Waals surface area contributed by atoms with Gasteiger partial charge in [-0.25, -0.2) is 4.39 Å². The van der Waals surface area contributed by atoms with Crippen molar-refractivity contribution in [3.8, 4) is 5.75 Å². The van der Waals surface area contributed by atoms with Crippen molar-refractivity contribution in [1.82, 2.24) is 0 Å². The number of rotatable bonds is 3. The summed E-state index contributed by atoms with van der Waals surface area (Å²) in [5.74, 6) is 0.353. The van der Waals surface area contributed by atoms with Gasteiger partial charge >= 0.3 is 0 Å². The molecule has 1 aliphatic rings. The molecule has 0 saturated heterocycles. The van der Waals surface area contributed by atoms with Gasteiger partial charge in [0.1, 0.15) is 17.7 Å². The van der Waals surface area contributed by atoms with E-state index in [9.17, 15) is 9.50 Å². The third kappa shape index (κ3) is 2.65. The number of aliphatic hydroxyl groups is 1. The predicted molar refractivity (Wildman–Crippen MR) is 75.7 cm³/mol. The summed E-state index contributed by atoms with van der Waals surface area (Å²) in [5, 5.41) is 10.3. The molecule has 0 fully saturated rings. The second-order valence-electron chi connectivity index (χ2n) is 4.99. The molecule has 0 radical (unpaired) electrons. The number of ether oxygens (including phenoxy) is 1. The molecular formula is C16H14ClFO2. The molecule has 2 unspecified atom stereocenters. The van der Waals surface area contributed by atoms with Gasteiger partial charge in [-0.1, -0.05) is 35.9 Å². The third-order valence-electron chi connectivity index (χ3n) is 3.53. The monoisotopic (exact) mass is 292 g/mol. The highest BCUT2D eigenvalue weighted by Gasteiger charge is 2.29. The Balaban J connectivity index is 1.69. The SMILES string of the molecule is OC(Cc1ccc(Cl)c(F)c1)C1Cc2ccccc2O1. The van der Waals surface area contributed by atoms with Gasteiger partial charge in [-0.3, -0.25) is 0 Å². The van der Waals surface area contributed by atoms with E-state index in [0.717, 1.165) is 11.3 Å². The third-order valence-corrected chi connectivity index (χ3v) is 3.84. The van der Waals surface area contributed by atoms with E-state index in [1.54, 1.807) is 6.07 Å². The minimum atomic E-state index is -0.678. The lowest BCUT2D eigenvalue weighted by molar-refractivity contribution is 0.0502. The first-order valence-electron chi connectivity index (χ1n) is 6.50. The maximum atomic E-state index is 13.4. The van der Waals surface area contributed by atoms with Crippen LogP contribution in [0.1, 0.15) is 11.1 Å². The fourth-order valence-corrected chi connectivity index (χ4v) is 2.58. The zero-order valence-corrected chi connectivity index (χ0v) is 11.5. The number of fused-ring (bicyclic) bond motifs is 1. The van der Waals surface area contributed by atoms with Crippen LogP contribution in [0.4, 0.5) is 4.39 Å². The van der Waals surface area contributed by atoms with Gasteiger partial charge in [0.15, 0.2) is 0 Å². The van der Waals surface area contributed by atoms with Crippen molar-refractivity contribution in [2.75, 3.05) is 0 Å². The molecule has 1 aliphatic heterocycles. The van der Waals surface area contributed by atoms with Gasteiger partial charge in [-0.15, -0.1) is 0 Å². The van der Waals surface area contributed by atoms with Crippen molar-refractivity contribution in [3.05, 3.63) is 64.4 Å². The van der Waals surface area contributed by atoms with Gasteiger partial charge in [-0.05, 0) is 29.3 Å². The Labute approximate surface area is 121 Å². The van der Waals surface area contributed by atoms with E-state index in [2.05, 4.69) is 0 Å². The number of hydrogen-bond acceptors (Lipinski definition) is 2. The lowest BCUT2D eigenvalue weighted by atomic mass is 10.0. The summed E-state index contributed by atoms with van der Waals surface area (Å²) in [4.78, 5) is 0. The van der Waals surface area contributed by atoms with Crippen LogP contribution in [0.2, 0.25) is 5.02 Å². The Morgan fingerprint density at radius 1 is 1.30 bits per heavy atom. The van der Waals surface area contributed by atoms with Crippen molar-refractivity contribution in [3.63, 3.8) is 0 Å². The number of hydrogen-bond donors (Lipinski definition) is 1. The summed E-state index contributed by atoms with van der Waals surface area (Å²) in [6.45, 7) is 0. The molecule has 0 saturated carbocycles. The van der Waals surface area contributed by atoms with Gasteiger partial charge in [0.05, 0.1) is 11.1 Å². The van der Waals surface area contributed by atoms with Crippen LogP contribution in [0.15, 0.2) is 42.5 Å². The molecule has 2 atom stereocenters. The predicted octanol–water partition coefficient (Wildman–Crippen LogP) is 3.39. The number of para-hydroxylation sites is 1. The normalized spacial score (nSPS) is 18.4. The van der Waals surface area contributed by atoms with Crippen LogP contribution in [0, 0.1) is 5.82 Å². The second-order valence-corrected chi connectivity index (χ2v) is 5.40. The first kappa shape index (κ1) is 13.4. The standard InChI is InChI=1S/C16H14ClFO2/c17-12-6-5-10(7-13(12)18)8-14(19)16-9-11-3-1-2-4-15(11)20-16/h1-7,14,16,19H,8-9H2. The molecule has 1 N–H and O–H groups in total. The van der Waals surface area contributed by atoms with Crippen molar-refractivity contribution in [1.29, 1.82) is 0 Å².